The molecule has 0 radical (unpaired) electrons. The van der Waals surface area contributed by atoms with Gasteiger partial charge in [-0.2, -0.15) is 0 Å². The molecule has 2 nitrogen and oxygen atoms in total. The van der Waals surface area contributed by atoms with E-state index >= 15 is 0 Å². The molecule has 2 heteroatoms. The van der Waals surface area contributed by atoms with Gasteiger partial charge in [0.05, 0.1) is 0 Å². The Morgan fingerprint density at radius 3 is 2.42 bits per heavy atom. The quantitative estimate of drug-likeness (QED) is 0.431. The highest BCUT2D eigenvalue weighted by Crippen LogP contribution is 2.38. The summed E-state index contributed by atoms with van der Waals surface area (Å²) in [5.41, 5.74) is 1.29. The number of rotatable bonds is 1. The molecule has 0 aliphatic heterocycles. The lowest BCUT2D eigenvalue weighted by molar-refractivity contribution is -0.132. The first-order valence-corrected chi connectivity index (χ1v) is 4.17. The number of carbonyl (C=O) groups excluding carboxylic acids is 2. The Balaban J connectivity index is 2.34. The first kappa shape index (κ1) is 7.47. The molecule has 0 unspecified atom stereocenters. The maximum absolute atomic E-state index is 11.4. The molecule has 62 valence electrons. The Bertz CT molecular complexity index is 317. The van der Waals surface area contributed by atoms with Crippen LogP contribution in [0.1, 0.15) is 19.8 Å². The Morgan fingerprint density at radius 2 is 1.83 bits per heavy atom. The van der Waals surface area contributed by atoms with Crippen LogP contribution in [0, 0.1) is 5.92 Å². The summed E-state index contributed by atoms with van der Waals surface area (Å²) in [6, 6.07) is 0. The molecule has 0 N–H and O–H groups in total. The van der Waals surface area contributed by atoms with Gasteiger partial charge in [-0.25, -0.2) is 0 Å². The number of ketones is 2. The summed E-state index contributed by atoms with van der Waals surface area (Å²) >= 11 is 0. The maximum atomic E-state index is 11.4. The van der Waals surface area contributed by atoms with Gasteiger partial charge >= 0.3 is 0 Å². The highest BCUT2D eigenvalue weighted by Gasteiger charge is 2.34. The Kier molecular flexibility index (Phi) is 1.50. The van der Waals surface area contributed by atoms with Crippen LogP contribution in [-0.4, -0.2) is 11.6 Å². The summed E-state index contributed by atoms with van der Waals surface area (Å²) in [6.45, 7) is 1.68. The van der Waals surface area contributed by atoms with Gasteiger partial charge in [-0.3, -0.25) is 9.59 Å². The lowest BCUT2D eigenvalue weighted by Gasteiger charge is -2.07. The molecule has 0 heterocycles. The van der Waals surface area contributed by atoms with Crippen molar-refractivity contribution in [1.82, 2.24) is 0 Å². The van der Waals surface area contributed by atoms with Crippen molar-refractivity contribution in [2.75, 3.05) is 0 Å². The average Bonchev–Trinajstić information content (AvgIpc) is 2.84. The predicted octanol–water partition coefficient (Wildman–Crippen LogP) is 1.42. The van der Waals surface area contributed by atoms with E-state index in [-0.39, 0.29) is 11.6 Å². The molecule has 0 aromatic carbocycles. The molecule has 2 aliphatic rings. The van der Waals surface area contributed by atoms with E-state index in [0.29, 0.717) is 11.5 Å². The molecule has 2 aliphatic carbocycles. The highest BCUT2D eigenvalue weighted by atomic mass is 16.2. The molecule has 1 fully saturated rings. The summed E-state index contributed by atoms with van der Waals surface area (Å²) in [5, 5.41) is 0. The molecule has 2 rings (SSSR count). The largest absolute Gasteiger partial charge is 0.285 e. The molecule has 0 saturated heterocycles. The fourth-order valence-electron chi connectivity index (χ4n) is 1.39. The summed E-state index contributed by atoms with van der Waals surface area (Å²) < 4.78 is 0. The summed E-state index contributed by atoms with van der Waals surface area (Å²) in [7, 11) is 0. The van der Waals surface area contributed by atoms with Crippen molar-refractivity contribution < 1.29 is 9.59 Å². The van der Waals surface area contributed by atoms with Gasteiger partial charge in [0, 0.05) is 11.1 Å². The second-order valence-electron chi connectivity index (χ2n) is 3.40. The van der Waals surface area contributed by atoms with Crippen LogP contribution in [0.3, 0.4) is 0 Å². The highest BCUT2D eigenvalue weighted by molar-refractivity contribution is 6.49. The number of carbonyl (C=O) groups is 2. The van der Waals surface area contributed by atoms with Crippen molar-refractivity contribution in [3.8, 4) is 0 Å². The second kappa shape index (κ2) is 2.41. The zero-order valence-corrected chi connectivity index (χ0v) is 6.96. The van der Waals surface area contributed by atoms with E-state index in [1.165, 1.54) is 0 Å². The topological polar surface area (TPSA) is 34.1 Å². The number of Topliss-reactive ketones (excluding diaryl/α,β-unsaturated/α-hetero) is 2. The molecule has 1 saturated carbocycles. The lowest BCUT2D eigenvalue weighted by Crippen LogP contribution is -2.20. The standard InChI is InChI=1S/C10H10O2/c1-6-2-5-8(7-3-4-7)10(12)9(6)11/h2,5,7H,3-4H2,1H3. The van der Waals surface area contributed by atoms with Crippen molar-refractivity contribution in [3.63, 3.8) is 0 Å². The van der Waals surface area contributed by atoms with Crippen LogP contribution in [-0.2, 0) is 9.59 Å². The third-order valence-electron chi connectivity index (χ3n) is 2.36. The predicted molar refractivity (Wildman–Crippen MR) is 44.6 cm³/mol. The molecule has 0 bridgehead atoms. The van der Waals surface area contributed by atoms with E-state index in [9.17, 15) is 9.59 Å². The SMILES string of the molecule is CC1=CC=C(C2CC2)C(=O)C1=O. The van der Waals surface area contributed by atoms with Gasteiger partial charge in [0.25, 0.3) is 0 Å². The van der Waals surface area contributed by atoms with Gasteiger partial charge in [0.1, 0.15) is 0 Å². The molecule has 0 spiro atoms. The molecular formula is C10H10O2. The molecule has 0 aromatic rings. The zero-order chi connectivity index (χ0) is 8.72. The Morgan fingerprint density at radius 1 is 1.17 bits per heavy atom. The van der Waals surface area contributed by atoms with E-state index in [2.05, 4.69) is 0 Å². The van der Waals surface area contributed by atoms with E-state index in [0.717, 1.165) is 18.4 Å². The number of hydrogen-bond donors (Lipinski definition) is 0. The van der Waals surface area contributed by atoms with E-state index in [1.807, 2.05) is 0 Å². The Hall–Kier alpha value is -1.18. The minimum atomic E-state index is -0.320. The monoisotopic (exact) mass is 162 g/mol. The van der Waals surface area contributed by atoms with E-state index in [1.54, 1.807) is 19.1 Å². The van der Waals surface area contributed by atoms with E-state index in [4.69, 9.17) is 0 Å². The Labute approximate surface area is 71.0 Å². The first-order chi connectivity index (χ1) is 5.70. The number of hydrogen-bond acceptors (Lipinski definition) is 2. The second-order valence-corrected chi connectivity index (χ2v) is 3.40. The normalized spacial score (nSPS) is 23.8. The van der Waals surface area contributed by atoms with Crippen molar-refractivity contribution in [2.45, 2.75) is 19.8 Å². The zero-order valence-electron chi connectivity index (χ0n) is 6.96. The van der Waals surface area contributed by atoms with Crippen LogP contribution in [0.5, 0.6) is 0 Å². The van der Waals surface area contributed by atoms with Crippen LogP contribution in [0.4, 0.5) is 0 Å². The first-order valence-electron chi connectivity index (χ1n) is 4.17. The fraction of sp³-hybridized carbons (Fsp3) is 0.400. The van der Waals surface area contributed by atoms with Gasteiger partial charge in [0.2, 0.25) is 11.6 Å². The molecule has 0 amide bonds. The van der Waals surface area contributed by atoms with Gasteiger partial charge < -0.3 is 0 Å². The van der Waals surface area contributed by atoms with Crippen LogP contribution in [0.25, 0.3) is 0 Å². The smallest absolute Gasteiger partial charge is 0.229 e. The summed E-state index contributed by atoms with van der Waals surface area (Å²) in [5.74, 6) is -0.220. The van der Waals surface area contributed by atoms with Gasteiger partial charge in [-0.1, -0.05) is 12.2 Å². The third-order valence-corrected chi connectivity index (χ3v) is 2.36. The third kappa shape index (κ3) is 1.04. The van der Waals surface area contributed by atoms with E-state index < -0.39 is 0 Å². The van der Waals surface area contributed by atoms with Gasteiger partial charge in [0.15, 0.2) is 0 Å². The maximum Gasteiger partial charge on any atom is 0.229 e. The van der Waals surface area contributed by atoms with Gasteiger partial charge in [-0.05, 0) is 25.7 Å². The molecular weight excluding hydrogens is 152 g/mol. The number of allylic oxidation sites excluding steroid dienone is 4. The van der Waals surface area contributed by atoms with Crippen LogP contribution in [0.15, 0.2) is 23.3 Å². The summed E-state index contributed by atoms with van der Waals surface area (Å²) in [6.07, 6.45) is 5.68. The van der Waals surface area contributed by atoms with Gasteiger partial charge in [-0.15, -0.1) is 0 Å². The van der Waals surface area contributed by atoms with Crippen LogP contribution < -0.4 is 0 Å². The molecule has 12 heavy (non-hydrogen) atoms. The molecule has 0 aromatic heterocycles. The van der Waals surface area contributed by atoms with Crippen molar-refractivity contribution in [2.24, 2.45) is 5.92 Å². The summed E-state index contributed by atoms with van der Waals surface area (Å²) in [4.78, 5) is 22.6. The minimum absolute atomic E-state index is 0.280. The van der Waals surface area contributed by atoms with Crippen LogP contribution >= 0.6 is 0 Å². The fourth-order valence-corrected chi connectivity index (χ4v) is 1.39. The molecule has 0 atom stereocenters. The average molecular weight is 162 g/mol. The van der Waals surface area contributed by atoms with Crippen molar-refractivity contribution in [1.29, 1.82) is 0 Å². The minimum Gasteiger partial charge on any atom is -0.285 e. The van der Waals surface area contributed by atoms with Crippen molar-refractivity contribution >= 4 is 11.6 Å². The van der Waals surface area contributed by atoms with Crippen LogP contribution in [0.2, 0.25) is 0 Å². The lowest BCUT2D eigenvalue weighted by atomic mass is 9.94. The van der Waals surface area contributed by atoms with Crippen molar-refractivity contribution in [3.05, 3.63) is 23.3 Å².